The number of hydrogen-bond donors (Lipinski definition) is 2. The topological polar surface area (TPSA) is 210 Å². The van der Waals surface area contributed by atoms with Crippen molar-refractivity contribution >= 4 is 23.6 Å². The summed E-state index contributed by atoms with van der Waals surface area (Å²) in [6.07, 6.45) is -5.93. The molecule has 290 valence electrons. The molecule has 0 spiro atoms. The third-order valence-electron chi connectivity index (χ3n) is 11.3. The van der Waals surface area contributed by atoms with E-state index < -0.39 is 102 Å². The van der Waals surface area contributed by atoms with Gasteiger partial charge < -0.3 is 43.7 Å². The van der Waals surface area contributed by atoms with Crippen LogP contribution in [0.15, 0.2) is 5.11 Å². The van der Waals surface area contributed by atoms with E-state index in [2.05, 4.69) is 10.0 Å². The van der Waals surface area contributed by atoms with Gasteiger partial charge in [-0.3, -0.25) is 14.4 Å². The Bertz CT molecular complexity index is 1310. The van der Waals surface area contributed by atoms with Crippen LogP contribution >= 0.6 is 0 Å². The monoisotopic (exact) mass is 725 g/mol. The Kier molecular flexibility index (Phi) is 14.5. The maximum absolute atomic E-state index is 14.5. The lowest BCUT2D eigenvalue weighted by molar-refractivity contribution is -0.313. The summed E-state index contributed by atoms with van der Waals surface area (Å²) in [5, 5.41) is 25.7. The number of likely N-dealkylation sites (N-methyl/N-ethyl adjacent to an activating group) is 1. The molecule has 1 amide bonds. The maximum atomic E-state index is 14.5. The van der Waals surface area contributed by atoms with Gasteiger partial charge in [0.2, 0.25) is 0 Å². The number of ketones is 2. The number of amides is 1. The lowest BCUT2D eigenvalue weighted by Crippen LogP contribution is -2.64. The normalized spacial score (nSPS) is 41.4. The van der Waals surface area contributed by atoms with Crippen molar-refractivity contribution in [1.29, 1.82) is 0 Å². The van der Waals surface area contributed by atoms with Gasteiger partial charge in [-0.25, -0.2) is 4.79 Å². The van der Waals surface area contributed by atoms with E-state index in [9.17, 15) is 29.4 Å². The third-order valence-corrected chi connectivity index (χ3v) is 11.3. The van der Waals surface area contributed by atoms with Gasteiger partial charge in [-0.15, -0.1) is 0 Å². The van der Waals surface area contributed by atoms with Crippen LogP contribution in [0.25, 0.3) is 10.4 Å². The number of fused-ring (bicyclic) bond motifs is 1. The third kappa shape index (κ3) is 8.69. The number of aliphatic hydroxyl groups excluding tert-OH is 2. The number of Topliss-reactive ketones (excluding diaryl/α,β-unsaturated/α-hetero) is 2. The average Bonchev–Trinajstić information content (AvgIpc) is 3.34. The number of hydrogen-bond acceptors (Lipinski definition) is 13. The molecular weight excluding hydrogens is 666 g/mol. The number of cyclic esters (lactones) is 1. The number of unbranched alkanes of at least 4 members (excludes halogenated alkanes) is 1. The summed E-state index contributed by atoms with van der Waals surface area (Å²) in [5.74, 6) is -5.36. The van der Waals surface area contributed by atoms with Gasteiger partial charge in [-0.05, 0) is 73.0 Å². The lowest BCUT2D eigenvalue weighted by Gasteiger charge is -2.48. The molecule has 3 heterocycles. The first-order chi connectivity index (χ1) is 23.8. The highest BCUT2D eigenvalue weighted by molar-refractivity contribution is 6.00. The van der Waals surface area contributed by atoms with Crippen LogP contribution in [0.4, 0.5) is 4.79 Å². The number of esters is 1. The molecule has 14 atom stereocenters. The zero-order valence-electron chi connectivity index (χ0n) is 32.0. The van der Waals surface area contributed by atoms with Crippen molar-refractivity contribution in [3.63, 3.8) is 0 Å². The zero-order valence-corrected chi connectivity index (χ0v) is 32.0. The summed E-state index contributed by atoms with van der Waals surface area (Å²) < 4.78 is 30.5. The number of ether oxygens (including phenoxy) is 5. The van der Waals surface area contributed by atoms with Gasteiger partial charge in [-0.2, -0.15) is 0 Å². The highest BCUT2D eigenvalue weighted by Crippen LogP contribution is 2.43. The highest BCUT2D eigenvalue weighted by Gasteiger charge is 2.60. The number of aliphatic hydroxyl groups is 2. The van der Waals surface area contributed by atoms with Crippen molar-refractivity contribution in [2.45, 2.75) is 141 Å². The zero-order chi connectivity index (χ0) is 38.6. The molecule has 0 radical (unpaired) electrons. The van der Waals surface area contributed by atoms with Gasteiger partial charge in [0.1, 0.15) is 23.9 Å². The Morgan fingerprint density at radius 2 is 1.67 bits per heavy atom. The van der Waals surface area contributed by atoms with E-state index in [0.717, 1.165) is 0 Å². The van der Waals surface area contributed by atoms with E-state index in [1.807, 2.05) is 0 Å². The minimum Gasteiger partial charge on any atom is -0.458 e. The lowest BCUT2D eigenvalue weighted by atomic mass is 9.73. The van der Waals surface area contributed by atoms with Crippen molar-refractivity contribution in [3.8, 4) is 0 Å². The number of nitrogens with zero attached hydrogens (tertiary/aromatic N) is 5. The second-order valence-corrected chi connectivity index (χ2v) is 15.1. The van der Waals surface area contributed by atoms with Gasteiger partial charge in [0.05, 0.1) is 36.0 Å². The molecule has 0 aliphatic carbocycles. The van der Waals surface area contributed by atoms with Crippen LogP contribution in [0.3, 0.4) is 0 Å². The van der Waals surface area contributed by atoms with E-state index >= 15 is 0 Å². The van der Waals surface area contributed by atoms with E-state index in [-0.39, 0.29) is 31.7 Å². The largest absolute Gasteiger partial charge is 0.458 e. The summed E-state index contributed by atoms with van der Waals surface area (Å²) in [4.78, 5) is 61.8. The van der Waals surface area contributed by atoms with Crippen LogP contribution in [-0.4, -0.2) is 138 Å². The van der Waals surface area contributed by atoms with Gasteiger partial charge in [0.15, 0.2) is 17.7 Å². The quantitative estimate of drug-likeness (QED) is 0.0831. The standard InChI is InChI=1S/C35H59N5O11/c1-12-23-35(8)29(40(33(46)51-35)16-14-13-15-37-38-36)19(3)25(41)18(2)17-34(7,47-11)30(20(4)26(42)21(5)31(45)49-23)50-32-28(44)24(39(9)10)27(43)22(6)48-32/h18-24,27-30,32,43-44H,12-17H2,1-11H3/t18-,19+,20?,21?,22?,23?,24?,27?,28?,29-,30-,32?,34+,35-/m1/s1. The number of carbonyl (C=O) groups is 4. The van der Waals surface area contributed by atoms with Crippen LogP contribution in [0.2, 0.25) is 0 Å². The molecule has 0 bridgehead atoms. The van der Waals surface area contributed by atoms with Crippen molar-refractivity contribution in [3.05, 3.63) is 10.4 Å². The molecule has 8 unspecified atom stereocenters. The van der Waals surface area contributed by atoms with Crippen molar-refractivity contribution < 1.29 is 53.1 Å². The molecule has 0 aromatic carbocycles. The molecule has 3 aliphatic rings. The average molecular weight is 726 g/mol. The molecule has 51 heavy (non-hydrogen) atoms. The summed E-state index contributed by atoms with van der Waals surface area (Å²) >= 11 is 0. The Hall–Kier alpha value is -2.85. The van der Waals surface area contributed by atoms with Gasteiger partial charge in [0, 0.05) is 42.9 Å². The predicted octanol–water partition coefficient (Wildman–Crippen LogP) is 3.25. The van der Waals surface area contributed by atoms with Gasteiger partial charge in [0.25, 0.3) is 0 Å². The Morgan fingerprint density at radius 3 is 2.24 bits per heavy atom. The number of methoxy groups -OCH3 is 1. The fourth-order valence-corrected chi connectivity index (χ4v) is 8.30. The predicted molar refractivity (Wildman–Crippen MR) is 184 cm³/mol. The molecule has 0 saturated carbocycles. The molecule has 0 aromatic rings. The Balaban J connectivity index is 2.11. The highest BCUT2D eigenvalue weighted by atomic mass is 16.7. The minimum absolute atomic E-state index is 0.0630. The molecule has 16 heteroatoms. The summed E-state index contributed by atoms with van der Waals surface area (Å²) in [6.45, 7) is 13.7. The molecule has 3 saturated heterocycles. The van der Waals surface area contributed by atoms with E-state index in [1.165, 1.54) is 18.9 Å². The molecule has 3 aliphatic heterocycles. The molecule has 16 nitrogen and oxygen atoms in total. The van der Waals surface area contributed by atoms with Crippen molar-refractivity contribution in [1.82, 2.24) is 9.80 Å². The second-order valence-electron chi connectivity index (χ2n) is 15.1. The van der Waals surface area contributed by atoms with Crippen LogP contribution in [0, 0.1) is 23.7 Å². The molecule has 0 aromatic heterocycles. The molecule has 3 fully saturated rings. The van der Waals surface area contributed by atoms with Crippen LogP contribution in [-0.2, 0) is 38.1 Å². The first kappa shape index (κ1) is 42.6. The van der Waals surface area contributed by atoms with Crippen LogP contribution in [0.1, 0.15) is 81.1 Å². The van der Waals surface area contributed by atoms with Crippen LogP contribution in [0.5, 0.6) is 0 Å². The minimum atomic E-state index is -1.44. The van der Waals surface area contributed by atoms with E-state index in [1.54, 1.807) is 67.5 Å². The van der Waals surface area contributed by atoms with Gasteiger partial charge >= 0.3 is 12.1 Å². The molecule has 2 N–H and O–H groups in total. The second kappa shape index (κ2) is 17.3. The van der Waals surface area contributed by atoms with Gasteiger partial charge in [-0.1, -0.05) is 32.8 Å². The summed E-state index contributed by atoms with van der Waals surface area (Å²) in [7, 11) is 4.86. The number of azide groups is 1. The first-order valence-electron chi connectivity index (χ1n) is 18.0. The summed E-state index contributed by atoms with van der Waals surface area (Å²) in [5.41, 5.74) is 5.88. The number of rotatable bonds is 10. The van der Waals surface area contributed by atoms with Crippen molar-refractivity contribution in [2.75, 3.05) is 34.3 Å². The van der Waals surface area contributed by atoms with E-state index in [0.29, 0.717) is 12.8 Å². The van der Waals surface area contributed by atoms with E-state index in [4.69, 9.17) is 29.2 Å². The number of carbonyl (C=O) groups excluding carboxylic acids is 4. The Morgan fingerprint density at radius 1 is 1.02 bits per heavy atom. The fraction of sp³-hybridized carbons (Fsp3) is 0.886. The summed E-state index contributed by atoms with van der Waals surface area (Å²) in [6, 6.07) is -1.60. The van der Waals surface area contributed by atoms with Crippen LogP contribution < -0.4 is 0 Å². The fourth-order valence-electron chi connectivity index (χ4n) is 8.30. The maximum Gasteiger partial charge on any atom is 0.410 e. The first-order valence-corrected chi connectivity index (χ1v) is 18.0. The van der Waals surface area contributed by atoms with Crippen molar-refractivity contribution in [2.24, 2.45) is 28.8 Å². The Labute approximate surface area is 301 Å². The smallest absolute Gasteiger partial charge is 0.410 e. The molecule has 3 rings (SSSR count). The molecular formula is C35H59N5O11. The SMILES string of the molecule is CCC1OC(=O)C(C)C(=O)C(C)[C@@H](OC2OC(C)C(O)C(N(C)C)C2O)[C@@](C)(OC)C[C@@H](C)C(=O)[C@H](C)[C@H]2N(CCCCN=[N+]=[N-])C(=O)O[C@]12C.